The summed E-state index contributed by atoms with van der Waals surface area (Å²) in [7, 11) is 0. The highest BCUT2D eigenvalue weighted by molar-refractivity contribution is 5.48. The zero-order valence-electron chi connectivity index (χ0n) is 7.51. The first-order valence-electron chi connectivity index (χ1n) is 4.08. The van der Waals surface area contributed by atoms with E-state index >= 15 is 0 Å². The van der Waals surface area contributed by atoms with E-state index in [1.165, 1.54) is 16.7 Å². The molecule has 0 saturated heterocycles. The third-order valence-corrected chi connectivity index (χ3v) is 1.69. The van der Waals surface area contributed by atoms with Gasteiger partial charge in [0.2, 0.25) is 0 Å². The lowest BCUT2D eigenvalue weighted by atomic mass is 10.1. The number of rotatable bonds is 3. The molecule has 0 heteroatoms. The lowest BCUT2D eigenvalue weighted by molar-refractivity contribution is 1.15. The van der Waals surface area contributed by atoms with Crippen LogP contribution in [0.5, 0.6) is 0 Å². The molecule has 0 unspecified atom stereocenters. The van der Waals surface area contributed by atoms with Crippen LogP contribution in [0, 0.1) is 0 Å². The Balaban J connectivity index is 2.86. The van der Waals surface area contributed by atoms with Gasteiger partial charge in [-0.1, -0.05) is 49.1 Å². The van der Waals surface area contributed by atoms with Crippen molar-refractivity contribution in [2.24, 2.45) is 0 Å². The van der Waals surface area contributed by atoms with Crippen molar-refractivity contribution in [3.8, 4) is 0 Å². The first-order valence-corrected chi connectivity index (χ1v) is 4.08. The zero-order valence-corrected chi connectivity index (χ0v) is 7.51. The van der Waals surface area contributed by atoms with Gasteiger partial charge in [0, 0.05) is 0 Å². The van der Waals surface area contributed by atoms with Crippen molar-refractivity contribution in [3.63, 3.8) is 0 Å². The van der Waals surface area contributed by atoms with Crippen LogP contribution >= 0.6 is 0 Å². The van der Waals surface area contributed by atoms with Crippen LogP contribution in [-0.2, 0) is 6.42 Å². The predicted octanol–water partition coefficient (Wildman–Crippen LogP) is 3.45. The van der Waals surface area contributed by atoms with Crippen LogP contribution < -0.4 is 0 Å². The SMILES string of the molecule is C=Cc1cccc(CC(=C)C)c1. The van der Waals surface area contributed by atoms with Gasteiger partial charge in [0.1, 0.15) is 0 Å². The summed E-state index contributed by atoms with van der Waals surface area (Å²) in [6.07, 6.45) is 2.82. The Morgan fingerprint density at radius 2 is 2.25 bits per heavy atom. The van der Waals surface area contributed by atoms with Crippen LogP contribution in [-0.4, -0.2) is 0 Å². The lowest BCUT2D eigenvalue weighted by Crippen LogP contribution is -1.85. The fourth-order valence-corrected chi connectivity index (χ4v) is 1.18. The molecule has 1 rings (SSSR count). The largest absolute Gasteiger partial charge is 0.0998 e. The molecule has 0 aliphatic heterocycles. The van der Waals surface area contributed by atoms with Gasteiger partial charge in [-0.15, -0.1) is 0 Å². The first kappa shape index (κ1) is 8.79. The minimum absolute atomic E-state index is 0.960. The Morgan fingerprint density at radius 1 is 1.50 bits per heavy atom. The highest BCUT2D eigenvalue weighted by Crippen LogP contribution is 2.09. The Labute approximate surface area is 74.2 Å². The second-order valence-corrected chi connectivity index (χ2v) is 3.08. The van der Waals surface area contributed by atoms with Crippen LogP contribution in [0.25, 0.3) is 6.08 Å². The molecule has 1 aromatic rings. The molecular weight excluding hydrogens is 144 g/mol. The van der Waals surface area contributed by atoms with Crippen molar-refractivity contribution in [2.45, 2.75) is 13.3 Å². The Bertz CT molecular complexity index is 295. The predicted molar refractivity (Wildman–Crippen MR) is 55.1 cm³/mol. The van der Waals surface area contributed by atoms with E-state index in [9.17, 15) is 0 Å². The molecule has 0 atom stereocenters. The molecule has 1 aromatic carbocycles. The average Bonchev–Trinajstić information content (AvgIpc) is 2.03. The first-order chi connectivity index (χ1) is 5.72. The van der Waals surface area contributed by atoms with Gasteiger partial charge in [-0.3, -0.25) is 0 Å². The quantitative estimate of drug-likeness (QED) is 0.591. The Morgan fingerprint density at radius 3 is 2.83 bits per heavy atom. The molecule has 0 aliphatic carbocycles. The lowest BCUT2D eigenvalue weighted by Gasteiger charge is -2.01. The summed E-state index contributed by atoms with van der Waals surface area (Å²) in [5.41, 5.74) is 3.67. The Hall–Kier alpha value is -1.30. The van der Waals surface area contributed by atoms with Gasteiger partial charge in [0.15, 0.2) is 0 Å². The van der Waals surface area contributed by atoms with Gasteiger partial charge < -0.3 is 0 Å². The Kier molecular flexibility index (Phi) is 2.87. The fourth-order valence-electron chi connectivity index (χ4n) is 1.18. The van der Waals surface area contributed by atoms with Gasteiger partial charge >= 0.3 is 0 Å². The molecule has 12 heavy (non-hydrogen) atoms. The maximum Gasteiger partial charge on any atom is -0.00724 e. The number of allylic oxidation sites excluding steroid dienone is 1. The van der Waals surface area contributed by atoms with Crippen LogP contribution in [0.2, 0.25) is 0 Å². The van der Waals surface area contributed by atoms with E-state index in [1.54, 1.807) is 0 Å². The molecule has 0 radical (unpaired) electrons. The number of hydrogen-bond acceptors (Lipinski definition) is 0. The van der Waals surface area contributed by atoms with Crippen molar-refractivity contribution in [3.05, 3.63) is 54.1 Å². The summed E-state index contributed by atoms with van der Waals surface area (Å²) >= 11 is 0. The highest BCUT2D eigenvalue weighted by atomic mass is 14.0. The second-order valence-electron chi connectivity index (χ2n) is 3.08. The van der Waals surface area contributed by atoms with Crippen LogP contribution in [0.3, 0.4) is 0 Å². The van der Waals surface area contributed by atoms with Crippen LogP contribution in [0.15, 0.2) is 43.0 Å². The molecule has 0 saturated carbocycles. The van der Waals surface area contributed by atoms with Crippen molar-refractivity contribution in [1.82, 2.24) is 0 Å². The third-order valence-electron chi connectivity index (χ3n) is 1.69. The zero-order chi connectivity index (χ0) is 8.97. The van der Waals surface area contributed by atoms with Crippen molar-refractivity contribution in [1.29, 1.82) is 0 Å². The molecule has 0 nitrogen and oxygen atoms in total. The standard InChI is InChI=1S/C12H14/c1-4-11-6-5-7-12(9-11)8-10(2)3/h4-7,9H,1-2,8H2,3H3. The van der Waals surface area contributed by atoms with Gasteiger partial charge in [-0.2, -0.15) is 0 Å². The van der Waals surface area contributed by atoms with Gasteiger partial charge in [-0.05, 0) is 24.5 Å². The monoisotopic (exact) mass is 158 g/mol. The molecular formula is C12H14. The smallest absolute Gasteiger partial charge is 0.00724 e. The second kappa shape index (κ2) is 3.91. The molecule has 0 heterocycles. The number of hydrogen-bond donors (Lipinski definition) is 0. The minimum atomic E-state index is 0.960. The molecule has 0 amide bonds. The van der Waals surface area contributed by atoms with E-state index in [-0.39, 0.29) is 0 Å². The van der Waals surface area contributed by atoms with E-state index in [4.69, 9.17) is 0 Å². The molecule has 0 bridgehead atoms. The third kappa shape index (κ3) is 2.39. The maximum atomic E-state index is 3.88. The number of benzene rings is 1. The molecule has 0 fully saturated rings. The molecule has 0 spiro atoms. The average molecular weight is 158 g/mol. The van der Waals surface area contributed by atoms with Crippen molar-refractivity contribution >= 4 is 6.08 Å². The highest BCUT2D eigenvalue weighted by Gasteiger charge is 1.92. The minimum Gasteiger partial charge on any atom is -0.0998 e. The van der Waals surface area contributed by atoms with Gasteiger partial charge in [-0.25, -0.2) is 0 Å². The van der Waals surface area contributed by atoms with Gasteiger partial charge in [0.25, 0.3) is 0 Å². The topological polar surface area (TPSA) is 0 Å². The fraction of sp³-hybridized carbons (Fsp3) is 0.167. The molecule has 0 aromatic heterocycles. The molecule has 62 valence electrons. The van der Waals surface area contributed by atoms with Crippen molar-refractivity contribution < 1.29 is 0 Å². The molecule has 0 aliphatic rings. The van der Waals surface area contributed by atoms with E-state index < -0.39 is 0 Å². The summed E-state index contributed by atoms with van der Waals surface area (Å²) in [5.74, 6) is 0. The van der Waals surface area contributed by atoms with Crippen molar-refractivity contribution in [2.75, 3.05) is 0 Å². The van der Waals surface area contributed by atoms with Gasteiger partial charge in [0.05, 0.1) is 0 Å². The van der Waals surface area contributed by atoms with Crippen LogP contribution in [0.4, 0.5) is 0 Å². The summed E-state index contributed by atoms with van der Waals surface area (Å²) in [6.45, 7) is 9.65. The summed E-state index contributed by atoms with van der Waals surface area (Å²) < 4.78 is 0. The van der Waals surface area contributed by atoms with E-state index in [1.807, 2.05) is 13.0 Å². The van der Waals surface area contributed by atoms with E-state index in [0.717, 1.165) is 6.42 Å². The summed E-state index contributed by atoms with van der Waals surface area (Å²) in [4.78, 5) is 0. The van der Waals surface area contributed by atoms with E-state index in [2.05, 4.69) is 37.4 Å². The summed E-state index contributed by atoms with van der Waals surface area (Å²) in [6, 6.07) is 8.35. The molecule has 0 N–H and O–H groups in total. The summed E-state index contributed by atoms with van der Waals surface area (Å²) in [5, 5.41) is 0. The van der Waals surface area contributed by atoms with Crippen LogP contribution in [0.1, 0.15) is 18.1 Å². The maximum absolute atomic E-state index is 3.88. The normalized spacial score (nSPS) is 9.42. The van der Waals surface area contributed by atoms with E-state index in [0.29, 0.717) is 0 Å².